The molecule has 5 heteroatoms. The fraction of sp³-hybridized carbons (Fsp3) is 1.00. The summed E-state index contributed by atoms with van der Waals surface area (Å²) in [6, 6.07) is 0. The van der Waals surface area contributed by atoms with Gasteiger partial charge in [-0.15, -0.1) is 23.2 Å². The van der Waals surface area contributed by atoms with E-state index in [9.17, 15) is 0 Å². The zero-order valence-electron chi connectivity index (χ0n) is 6.56. The minimum atomic E-state index is -1.65. The van der Waals surface area contributed by atoms with Crippen LogP contribution >= 0.6 is 29.5 Å². The molecule has 0 rings (SSSR count). The van der Waals surface area contributed by atoms with E-state index in [-0.39, 0.29) is 0 Å². The van der Waals surface area contributed by atoms with Crippen LogP contribution in [0.1, 0.15) is 6.92 Å². The molecule has 0 aromatic rings. The molecule has 0 saturated heterocycles. The molecule has 0 heterocycles. The molecule has 1 nitrogen and oxygen atoms in total. The SMILES string of the molecule is CCOP(=S)(CCCl)CCCl. The Labute approximate surface area is 83.5 Å². The largest absolute Gasteiger partial charge is 0.351 e. The van der Waals surface area contributed by atoms with Crippen molar-refractivity contribution in [3.63, 3.8) is 0 Å². The van der Waals surface area contributed by atoms with Crippen LogP contribution in [-0.2, 0) is 16.3 Å². The van der Waals surface area contributed by atoms with Gasteiger partial charge in [-0.05, 0) is 6.92 Å². The summed E-state index contributed by atoms with van der Waals surface area (Å²) in [6.07, 6.45) is -0.0577. The third-order valence-electron chi connectivity index (χ3n) is 1.21. The molecule has 0 bridgehead atoms. The van der Waals surface area contributed by atoms with Crippen molar-refractivity contribution in [2.75, 3.05) is 30.7 Å². The van der Waals surface area contributed by atoms with Gasteiger partial charge in [0, 0.05) is 30.7 Å². The summed E-state index contributed by atoms with van der Waals surface area (Å²) in [5.41, 5.74) is 0. The van der Waals surface area contributed by atoms with E-state index >= 15 is 0 Å². The average molecular weight is 235 g/mol. The van der Waals surface area contributed by atoms with Gasteiger partial charge in [-0.2, -0.15) is 0 Å². The maximum atomic E-state index is 5.60. The normalized spacial score (nSPS) is 11.9. The molecular formula is C6H13Cl2OPS. The predicted octanol–water partition coefficient (Wildman–Crippen LogP) is 2.90. The highest BCUT2D eigenvalue weighted by Gasteiger charge is 2.14. The van der Waals surface area contributed by atoms with Crippen molar-refractivity contribution < 1.29 is 4.52 Å². The standard InChI is InChI=1S/C6H13Cl2OPS/c1-2-9-10(11,5-3-7)6-4-8/h2-6H2,1H3. The van der Waals surface area contributed by atoms with Crippen LogP contribution in [0.25, 0.3) is 0 Å². The van der Waals surface area contributed by atoms with E-state index in [2.05, 4.69) is 0 Å². The van der Waals surface area contributed by atoms with E-state index in [1.165, 1.54) is 0 Å². The van der Waals surface area contributed by atoms with E-state index in [1.807, 2.05) is 6.92 Å². The molecule has 0 aliphatic carbocycles. The second-order valence-electron chi connectivity index (χ2n) is 2.06. The minimum absolute atomic E-state index is 0.578. The van der Waals surface area contributed by atoms with Gasteiger partial charge in [0.25, 0.3) is 0 Å². The van der Waals surface area contributed by atoms with Crippen LogP contribution in [0.4, 0.5) is 0 Å². The maximum Gasteiger partial charge on any atom is 0.0697 e. The Bertz CT molecular complexity index is 119. The topological polar surface area (TPSA) is 9.23 Å². The molecule has 0 N–H and O–H groups in total. The predicted molar refractivity (Wildman–Crippen MR) is 57.1 cm³/mol. The van der Waals surface area contributed by atoms with Crippen LogP contribution in [0.5, 0.6) is 0 Å². The fourth-order valence-electron chi connectivity index (χ4n) is 0.734. The summed E-state index contributed by atoms with van der Waals surface area (Å²) >= 11 is 16.5. The van der Waals surface area contributed by atoms with E-state index in [1.54, 1.807) is 0 Å². The van der Waals surface area contributed by atoms with Gasteiger partial charge in [-0.3, -0.25) is 0 Å². The molecule has 0 aromatic carbocycles. The van der Waals surface area contributed by atoms with E-state index < -0.39 is 6.26 Å². The zero-order valence-corrected chi connectivity index (χ0v) is 9.78. The first-order valence-electron chi connectivity index (χ1n) is 3.53. The van der Waals surface area contributed by atoms with Crippen molar-refractivity contribution in [3.8, 4) is 0 Å². The van der Waals surface area contributed by atoms with E-state index in [4.69, 9.17) is 39.5 Å². The minimum Gasteiger partial charge on any atom is -0.351 e. The second kappa shape index (κ2) is 6.68. The molecule has 11 heavy (non-hydrogen) atoms. The Balaban J connectivity index is 3.91. The van der Waals surface area contributed by atoms with Crippen molar-refractivity contribution in [2.45, 2.75) is 6.92 Å². The Morgan fingerprint density at radius 3 is 2.00 bits per heavy atom. The lowest BCUT2D eigenvalue weighted by Crippen LogP contribution is -2.01. The van der Waals surface area contributed by atoms with Gasteiger partial charge in [0.2, 0.25) is 0 Å². The average Bonchev–Trinajstić information content (AvgIpc) is 1.88. The molecule has 0 aliphatic heterocycles. The van der Waals surface area contributed by atoms with Crippen LogP contribution in [0.15, 0.2) is 0 Å². The summed E-state index contributed by atoms with van der Waals surface area (Å²) in [5, 5.41) is 0. The molecule has 0 spiro atoms. The molecular weight excluding hydrogens is 222 g/mol. The number of hydrogen-bond donors (Lipinski definition) is 0. The first-order chi connectivity index (χ1) is 5.18. The number of alkyl halides is 2. The molecule has 0 aliphatic rings. The lowest BCUT2D eigenvalue weighted by Gasteiger charge is -2.19. The van der Waals surface area contributed by atoms with E-state index in [0.29, 0.717) is 18.4 Å². The quantitative estimate of drug-likeness (QED) is 0.517. The number of rotatable bonds is 6. The Hall–Kier alpha value is 1.19. The van der Waals surface area contributed by atoms with Gasteiger partial charge in [-0.1, -0.05) is 11.8 Å². The summed E-state index contributed by atoms with van der Waals surface area (Å²) in [4.78, 5) is 0. The Morgan fingerprint density at radius 1 is 1.27 bits per heavy atom. The van der Waals surface area contributed by atoms with Gasteiger partial charge < -0.3 is 4.52 Å². The second-order valence-corrected chi connectivity index (χ2v) is 7.59. The Kier molecular flexibility index (Phi) is 7.40. The lowest BCUT2D eigenvalue weighted by atomic mass is 10.9. The smallest absolute Gasteiger partial charge is 0.0697 e. The highest BCUT2D eigenvalue weighted by atomic mass is 35.5. The van der Waals surface area contributed by atoms with Crippen LogP contribution in [0.2, 0.25) is 0 Å². The molecule has 0 atom stereocenters. The molecule has 0 radical (unpaired) electrons. The summed E-state index contributed by atoms with van der Waals surface area (Å²) in [6.45, 7) is 2.62. The molecule has 0 fully saturated rings. The summed E-state index contributed by atoms with van der Waals surface area (Å²) < 4.78 is 5.47. The number of hydrogen-bond acceptors (Lipinski definition) is 2. The number of halogens is 2. The third-order valence-corrected chi connectivity index (χ3v) is 6.07. The van der Waals surface area contributed by atoms with Gasteiger partial charge in [0.1, 0.15) is 0 Å². The third kappa shape index (κ3) is 5.43. The molecule has 0 saturated carbocycles. The van der Waals surface area contributed by atoms with Gasteiger partial charge in [0.05, 0.1) is 6.26 Å². The Morgan fingerprint density at radius 2 is 1.73 bits per heavy atom. The van der Waals surface area contributed by atoms with Crippen molar-refractivity contribution in [1.29, 1.82) is 0 Å². The van der Waals surface area contributed by atoms with Gasteiger partial charge in [-0.25, -0.2) is 0 Å². The fourth-order valence-corrected chi connectivity index (χ4v) is 5.30. The lowest BCUT2D eigenvalue weighted by molar-refractivity contribution is 0.377. The van der Waals surface area contributed by atoms with Gasteiger partial charge in [0.15, 0.2) is 0 Å². The van der Waals surface area contributed by atoms with Crippen molar-refractivity contribution in [2.24, 2.45) is 0 Å². The van der Waals surface area contributed by atoms with Crippen molar-refractivity contribution >= 4 is 41.3 Å². The highest BCUT2D eigenvalue weighted by molar-refractivity contribution is 8.12. The molecule has 0 unspecified atom stereocenters. The molecule has 68 valence electrons. The summed E-state index contributed by atoms with van der Waals surface area (Å²) in [5.74, 6) is 1.16. The zero-order chi connectivity index (χ0) is 8.74. The van der Waals surface area contributed by atoms with E-state index in [0.717, 1.165) is 12.3 Å². The van der Waals surface area contributed by atoms with Crippen LogP contribution < -0.4 is 0 Å². The van der Waals surface area contributed by atoms with Crippen molar-refractivity contribution in [3.05, 3.63) is 0 Å². The highest BCUT2D eigenvalue weighted by Crippen LogP contribution is 2.46. The summed E-state index contributed by atoms with van der Waals surface area (Å²) in [7, 11) is 0. The molecule has 0 aromatic heterocycles. The first-order valence-corrected chi connectivity index (χ1v) is 7.69. The van der Waals surface area contributed by atoms with Crippen molar-refractivity contribution in [1.82, 2.24) is 0 Å². The van der Waals surface area contributed by atoms with Gasteiger partial charge >= 0.3 is 0 Å². The molecule has 0 amide bonds. The van der Waals surface area contributed by atoms with Crippen LogP contribution in [0.3, 0.4) is 0 Å². The van der Waals surface area contributed by atoms with Crippen LogP contribution in [0, 0.1) is 0 Å². The monoisotopic (exact) mass is 234 g/mol. The van der Waals surface area contributed by atoms with Crippen LogP contribution in [-0.4, -0.2) is 30.7 Å². The first kappa shape index (κ1) is 12.2. The maximum absolute atomic E-state index is 5.60.